The number of nitrogens with one attached hydrogen (secondary N) is 7. The molecule has 13 heteroatoms. The summed E-state index contributed by atoms with van der Waals surface area (Å²) in [6.07, 6.45) is 0.730. The Bertz CT molecular complexity index is 1370. The largest absolute Gasteiger partial charge is 0.357 e. The molecule has 0 radical (unpaired) electrons. The Hall–Kier alpha value is -4.94. The maximum absolute atomic E-state index is 13.3. The van der Waals surface area contributed by atoms with Gasteiger partial charge in [0.05, 0.1) is 6.54 Å². The molecule has 0 bridgehead atoms. The third kappa shape index (κ3) is 13.9. The summed E-state index contributed by atoms with van der Waals surface area (Å²) in [6, 6.07) is 13.1. The number of hydrazine groups is 1. The summed E-state index contributed by atoms with van der Waals surface area (Å²) in [6.45, 7) is 10.9. The molecule has 0 aliphatic rings. The molecular formula is C34H49N7O6. The molecule has 0 spiro atoms. The van der Waals surface area contributed by atoms with Crippen LogP contribution in [0.15, 0.2) is 54.6 Å². The monoisotopic (exact) mass is 651 g/mol. The van der Waals surface area contributed by atoms with E-state index in [-0.39, 0.29) is 30.1 Å². The third-order valence-corrected chi connectivity index (χ3v) is 7.18. The van der Waals surface area contributed by atoms with E-state index < -0.39 is 54.3 Å². The minimum Gasteiger partial charge on any atom is -0.357 e. The SMILES string of the molecule is CNC(=O)[C@H](CC(C)C)NC(=O)[C@H](Cc1ccccc1)NC(=O)CNC(=O)NNC(=O)[C@H](Cc1ccc(C(C)(C)C)cc1)NC(C)=O. The standard InChI is InChI=1S/C34H49N7O6/c1-21(2)17-26(30(44)35-7)39-31(45)27(18-23-11-9-8-10-12-23)38-29(43)20-36-33(47)41-40-32(46)28(37-22(3)42)19-24-13-15-25(16-14-24)34(4,5)6/h8-16,21,26-28H,17-20H2,1-7H3,(H,35,44)(H,37,42)(H,38,43)(H,39,45)(H,40,46)(H2,36,41,47)/t26-,27-,28-/m0/s1. The molecule has 0 unspecified atom stereocenters. The molecule has 47 heavy (non-hydrogen) atoms. The molecule has 256 valence electrons. The first-order chi connectivity index (χ1) is 22.1. The second-order valence-corrected chi connectivity index (χ2v) is 12.8. The van der Waals surface area contributed by atoms with E-state index in [2.05, 4.69) is 58.2 Å². The van der Waals surface area contributed by atoms with Crippen LogP contribution in [0, 0.1) is 5.92 Å². The summed E-state index contributed by atoms with van der Waals surface area (Å²) < 4.78 is 0. The summed E-state index contributed by atoms with van der Waals surface area (Å²) in [7, 11) is 1.48. The van der Waals surface area contributed by atoms with Gasteiger partial charge in [-0.25, -0.2) is 10.2 Å². The molecule has 0 saturated heterocycles. The lowest BCUT2D eigenvalue weighted by atomic mass is 9.86. The fraction of sp³-hybridized carbons (Fsp3) is 0.471. The van der Waals surface area contributed by atoms with Gasteiger partial charge in [-0.3, -0.25) is 29.4 Å². The van der Waals surface area contributed by atoms with Crippen molar-refractivity contribution in [3.05, 3.63) is 71.3 Å². The molecule has 0 aromatic heterocycles. The van der Waals surface area contributed by atoms with E-state index in [0.717, 1.165) is 16.7 Å². The van der Waals surface area contributed by atoms with Crippen molar-refractivity contribution in [2.75, 3.05) is 13.6 Å². The van der Waals surface area contributed by atoms with E-state index in [0.29, 0.717) is 6.42 Å². The van der Waals surface area contributed by atoms with Crippen LogP contribution in [0.2, 0.25) is 0 Å². The van der Waals surface area contributed by atoms with Gasteiger partial charge in [0.15, 0.2) is 0 Å². The zero-order valence-electron chi connectivity index (χ0n) is 28.3. The first-order valence-electron chi connectivity index (χ1n) is 15.6. The Morgan fingerprint density at radius 2 is 1.26 bits per heavy atom. The second-order valence-electron chi connectivity index (χ2n) is 12.8. The molecule has 0 aliphatic carbocycles. The lowest BCUT2D eigenvalue weighted by Crippen LogP contribution is -2.57. The summed E-state index contributed by atoms with van der Waals surface area (Å²) in [5.74, 6) is -2.53. The van der Waals surface area contributed by atoms with E-state index >= 15 is 0 Å². The number of amides is 7. The van der Waals surface area contributed by atoms with Crippen LogP contribution in [0.25, 0.3) is 0 Å². The Morgan fingerprint density at radius 3 is 1.79 bits per heavy atom. The average Bonchev–Trinajstić information content (AvgIpc) is 3.01. The second kappa shape index (κ2) is 18.3. The predicted molar refractivity (Wildman–Crippen MR) is 179 cm³/mol. The van der Waals surface area contributed by atoms with Crippen molar-refractivity contribution in [1.82, 2.24) is 37.4 Å². The lowest BCUT2D eigenvalue weighted by Gasteiger charge is -2.24. The minimum atomic E-state index is -1.04. The molecule has 7 amide bonds. The van der Waals surface area contributed by atoms with E-state index in [1.54, 1.807) is 24.3 Å². The van der Waals surface area contributed by atoms with Crippen LogP contribution in [0.1, 0.15) is 64.7 Å². The number of urea groups is 1. The number of carbonyl (C=O) groups excluding carboxylic acids is 6. The van der Waals surface area contributed by atoms with Gasteiger partial charge in [0.2, 0.25) is 23.6 Å². The topological polar surface area (TPSA) is 187 Å². The van der Waals surface area contributed by atoms with E-state index in [9.17, 15) is 28.8 Å². The molecular weight excluding hydrogens is 602 g/mol. The number of rotatable bonds is 14. The quantitative estimate of drug-likeness (QED) is 0.151. The summed E-state index contributed by atoms with van der Waals surface area (Å²) in [5.41, 5.74) is 7.11. The highest BCUT2D eigenvalue weighted by Gasteiger charge is 2.27. The first kappa shape index (κ1) is 38.2. The highest BCUT2D eigenvalue weighted by atomic mass is 16.2. The molecule has 3 atom stereocenters. The van der Waals surface area contributed by atoms with Crippen molar-refractivity contribution in [3.8, 4) is 0 Å². The zero-order chi connectivity index (χ0) is 35.1. The van der Waals surface area contributed by atoms with Crippen LogP contribution in [0.5, 0.6) is 0 Å². The molecule has 2 aromatic rings. The van der Waals surface area contributed by atoms with Crippen LogP contribution in [0.4, 0.5) is 4.79 Å². The van der Waals surface area contributed by atoms with Crippen molar-refractivity contribution < 1.29 is 28.8 Å². The molecule has 2 rings (SSSR count). The van der Waals surface area contributed by atoms with Gasteiger partial charge in [-0.05, 0) is 34.4 Å². The van der Waals surface area contributed by atoms with E-state index in [1.165, 1.54) is 14.0 Å². The van der Waals surface area contributed by atoms with Gasteiger partial charge in [-0.1, -0.05) is 89.2 Å². The normalized spacial score (nSPS) is 12.9. The molecule has 0 aliphatic heterocycles. The number of hydrogen-bond donors (Lipinski definition) is 7. The van der Waals surface area contributed by atoms with Crippen molar-refractivity contribution in [3.63, 3.8) is 0 Å². The molecule has 13 nitrogen and oxygen atoms in total. The van der Waals surface area contributed by atoms with E-state index in [1.807, 2.05) is 44.2 Å². The van der Waals surface area contributed by atoms with Crippen molar-refractivity contribution >= 4 is 35.6 Å². The minimum absolute atomic E-state index is 0.0420. The molecule has 2 aromatic carbocycles. The van der Waals surface area contributed by atoms with Gasteiger partial charge in [-0.2, -0.15) is 0 Å². The molecule has 0 heterocycles. The number of carbonyl (C=O) groups is 6. The summed E-state index contributed by atoms with van der Waals surface area (Å²) >= 11 is 0. The van der Waals surface area contributed by atoms with Gasteiger partial charge < -0.3 is 26.6 Å². The van der Waals surface area contributed by atoms with Crippen LogP contribution >= 0.6 is 0 Å². The van der Waals surface area contributed by atoms with Gasteiger partial charge in [0.25, 0.3) is 5.91 Å². The smallest absolute Gasteiger partial charge is 0.333 e. The number of likely N-dealkylation sites (N-methyl/N-ethyl adjacent to an activating group) is 1. The fourth-order valence-corrected chi connectivity index (χ4v) is 4.70. The highest BCUT2D eigenvalue weighted by Crippen LogP contribution is 2.22. The van der Waals surface area contributed by atoms with Crippen LogP contribution in [0.3, 0.4) is 0 Å². The van der Waals surface area contributed by atoms with E-state index in [4.69, 9.17) is 0 Å². The molecule has 7 N–H and O–H groups in total. The van der Waals surface area contributed by atoms with Crippen LogP contribution in [-0.2, 0) is 42.2 Å². The Balaban J connectivity index is 1.98. The Kier molecular flexibility index (Phi) is 14.9. The first-order valence-corrected chi connectivity index (χ1v) is 15.6. The highest BCUT2D eigenvalue weighted by molar-refractivity contribution is 5.93. The van der Waals surface area contributed by atoms with Crippen molar-refractivity contribution in [1.29, 1.82) is 0 Å². The number of benzene rings is 2. The molecule has 0 saturated carbocycles. The summed E-state index contributed by atoms with van der Waals surface area (Å²) in [4.78, 5) is 75.5. The van der Waals surface area contributed by atoms with Gasteiger partial charge in [0.1, 0.15) is 18.1 Å². The van der Waals surface area contributed by atoms with Crippen LogP contribution < -0.4 is 37.4 Å². The molecule has 0 fully saturated rings. The van der Waals surface area contributed by atoms with Gasteiger partial charge in [-0.15, -0.1) is 0 Å². The van der Waals surface area contributed by atoms with Gasteiger partial charge in [0, 0.05) is 26.8 Å². The fourth-order valence-electron chi connectivity index (χ4n) is 4.70. The van der Waals surface area contributed by atoms with Gasteiger partial charge >= 0.3 is 6.03 Å². The maximum Gasteiger partial charge on any atom is 0.333 e. The average molecular weight is 652 g/mol. The zero-order valence-corrected chi connectivity index (χ0v) is 28.3. The Labute approximate surface area is 276 Å². The number of hydrogen-bond acceptors (Lipinski definition) is 6. The Morgan fingerprint density at radius 1 is 0.681 bits per heavy atom. The van der Waals surface area contributed by atoms with Crippen LogP contribution in [-0.4, -0.2) is 67.3 Å². The predicted octanol–water partition coefficient (Wildman–Crippen LogP) is 1.37. The third-order valence-electron chi connectivity index (χ3n) is 7.18. The maximum atomic E-state index is 13.3. The lowest BCUT2D eigenvalue weighted by molar-refractivity contribution is -0.132. The summed E-state index contributed by atoms with van der Waals surface area (Å²) in [5, 5.41) is 12.8. The van der Waals surface area contributed by atoms with Crippen molar-refractivity contribution in [2.45, 2.75) is 84.3 Å². The van der Waals surface area contributed by atoms with Crippen molar-refractivity contribution in [2.24, 2.45) is 5.92 Å².